The number of hydrogen-bond acceptors (Lipinski definition) is 3. The van der Waals surface area contributed by atoms with E-state index in [-0.39, 0.29) is 0 Å². The Balaban J connectivity index is 2.08. The molecule has 1 aromatic carbocycles. The lowest BCUT2D eigenvalue weighted by Crippen LogP contribution is -2.19. The SMILES string of the molecule is CCNCc1ccc(N(C)Cc2nccn2C)cc1C. The third-order valence-electron chi connectivity index (χ3n) is 3.63. The van der Waals surface area contributed by atoms with Crippen LogP contribution in [0.4, 0.5) is 5.69 Å². The maximum atomic E-state index is 4.37. The van der Waals surface area contributed by atoms with Gasteiger partial charge in [-0.25, -0.2) is 4.98 Å². The quantitative estimate of drug-likeness (QED) is 0.877. The van der Waals surface area contributed by atoms with Gasteiger partial charge in [0.2, 0.25) is 0 Å². The molecule has 0 saturated carbocycles. The Morgan fingerprint density at radius 1 is 1.35 bits per heavy atom. The largest absolute Gasteiger partial charge is 0.367 e. The molecule has 0 saturated heterocycles. The minimum atomic E-state index is 0.815. The van der Waals surface area contributed by atoms with Gasteiger partial charge < -0.3 is 14.8 Å². The molecule has 0 unspecified atom stereocenters. The van der Waals surface area contributed by atoms with Crippen molar-refractivity contribution in [3.05, 3.63) is 47.5 Å². The molecule has 4 nitrogen and oxygen atoms in total. The number of aryl methyl sites for hydroxylation is 2. The number of benzene rings is 1. The maximum Gasteiger partial charge on any atom is 0.127 e. The normalized spacial score (nSPS) is 10.8. The summed E-state index contributed by atoms with van der Waals surface area (Å²) >= 11 is 0. The highest BCUT2D eigenvalue weighted by Crippen LogP contribution is 2.19. The summed E-state index contributed by atoms with van der Waals surface area (Å²) in [5, 5.41) is 3.37. The number of nitrogens with zero attached hydrogens (tertiary/aromatic N) is 3. The highest BCUT2D eigenvalue weighted by Gasteiger charge is 2.07. The lowest BCUT2D eigenvalue weighted by molar-refractivity contribution is 0.723. The number of anilines is 1. The number of rotatable bonds is 6. The standard InChI is InChI=1S/C16H24N4/c1-5-17-11-14-6-7-15(10-13(14)2)20(4)12-16-18-8-9-19(16)3/h6-10,17H,5,11-12H2,1-4H3. The van der Waals surface area contributed by atoms with Gasteiger partial charge in [0.25, 0.3) is 0 Å². The summed E-state index contributed by atoms with van der Waals surface area (Å²) in [6, 6.07) is 6.64. The van der Waals surface area contributed by atoms with Crippen LogP contribution in [0.1, 0.15) is 23.9 Å². The van der Waals surface area contributed by atoms with Crippen molar-refractivity contribution in [1.82, 2.24) is 14.9 Å². The zero-order valence-corrected chi connectivity index (χ0v) is 12.8. The molecule has 0 amide bonds. The third kappa shape index (κ3) is 3.39. The second kappa shape index (κ2) is 6.57. The Bertz CT molecular complexity index is 559. The van der Waals surface area contributed by atoms with E-state index in [2.05, 4.69) is 58.9 Å². The molecule has 108 valence electrons. The fourth-order valence-electron chi connectivity index (χ4n) is 2.23. The van der Waals surface area contributed by atoms with E-state index in [1.54, 1.807) is 0 Å². The van der Waals surface area contributed by atoms with Crippen LogP contribution in [0.25, 0.3) is 0 Å². The average Bonchev–Trinajstić information content (AvgIpc) is 2.83. The van der Waals surface area contributed by atoms with Crippen molar-refractivity contribution in [3.8, 4) is 0 Å². The van der Waals surface area contributed by atoms with Gasteiger partial charge in [0, 0.05) is 38.7 Å². The van der Waals surface area contributed by atoms with Gasteiger partial charge in [-0.1, -0.05) is 13.0 Å². The lowest BCUT2D eigenvalue weighted by Gasteiger charge is -2.20. The summed E-state index contributed by atoms with van der Waals surface area (Å²) < 4.78 is 2.06. The molecule has 4 heteroatoms. The summed E-state index contributed by atoms with van der Waals surface area (Å²) in [4.78, 5) is 6.60. The molecular formula is C16H24N4. The first-order chi connectivity index (χ1) is 9.61. The molecule has 0 fully saturated rings. The first-order valence-electron chi connectivity index (χ1n) is 7.09. The van der Waals surface area contributed by atoms with Gasteiger partial charge in [-0.2, -0.15) is 0 Å². The van der Waals surface area contributed by atoms with E-state index >= 15 is 0 Å². The molecule has 1 aromatic heterocycles. The Morgan fingerprint density at radius 3 is 2.75 bits per heavy atom. The van der Waals surface area contributed by atoms with Gasteiger partial charge in [0.1, 0.15) is 5.82 Å². The molecule has 0 radical (unpaired) electrons. The summed E-state index contributed by atoms with van der Waals surface area (Å²) in [5.41, 5.74) is 3.92. The number of hydrogen-bond donors (Lipinski definition) is 1. The molecule has 20 heavy (non-hydrogen) atoms. The van der Waals surface area contributed by atoms with E-state index in [4.69, 9.17) is 0 Å². The van der Waals surface area contributed by atoms with Crippen molar-refractivity contribution in [1.29, 1.82) is 0 Å². The Morgan fingerprint density at radius 2 is 2.15 bits per heavy atom. The fraction of sp³-hybridized carbons (Fsp3) is 0.438. The second-order valence-corrected chi connectivity index (χ2v) is 5.20. The van der Waals surface area contributed by atoms with Crippen molar-refractivity contribution >= 4 is 5.69 Å². The monoisotopic (exact) mass is 272 g/mol. The van der Waals surface area contributed by atoms with Crippen LogP contribution >= 0.6 is 0 Å². The summed E-state index contributed by atoms with van der Waals surface area (Å²) in [6.07, 6.45) is 3.82. The molecule has 0 spiro atoms. The van der Waals surface area contributed by atoms with Crippen LogP contribution in [0.15, 0.2) is 30.6 Å². The van der Waals surface area contributed by atoms with Crippen LogP contribution in [-0.4, -0.2) is 23.1 Å². The zero-order chi connectivity index (χ0) is 14.5. The molecule has 2 rings (SSSR count). The predicted octanol–water partition coefficient (Wildman–Crippen LogP) is 2.47. The summed E-state index contributed by atoms with van der Waals surface area (Å²) in [7, 11) is 4.13. The molecule has 2 aromatic rings. The average molecular weight is 272 g/mol. The van der Waals surface area contributed by atoms with E-state index in [1.807, 2.05) is 19.4 Å². The predicted molar refractivity (Wildman–Crippen MR) is 83.9 cm³/mol. The lowest BCUT2D eigenvalue weighted by atomic mass is 10.1. The third-order valence-corrected chi connectivity index (χ3v) is 3.63. The molecule has 0 aliphatic heterocycles. The summed E-state index contributed by atoms with van der Waals surface area (Å²) in [5.74, 6) is 1.07. The summed E-state index contributed by atoms with van der Waals surface area (Å²) in [6.45, 7) is 7.05. The van der Waals surface area contributed by atoms with Crippen LogP contribution in [-0.2, 0) is 20.1 Å². The molecule has 1 N–H and O–H groups in total. The first-order valence-corrected chi connectivity index (χ1v) is 7.09. The molecule has 0 aliphatic rings. The van der Waals surface area contributed by atoms with Crippen LogP contribution in [0.2, 0.25) is 0 Å². The second-order valence-electron chi connectivity index (χ2n) is 5.20. The maximum absolute atomic E-state index is 4.37. The van der Waals surface area contributed by atoms with Crippen LogP contribution in [0.5, 0.6) is 0 Å². The van der Waals surface area contributed by atoms with E-state index < -0.39 is 0 Å². The van der Waals surface area contributed by atoms with Gasteiger partial charge >= 0.3 is 0 Å². The van der Waals surface area contributed by atoms with Crippen LogP contribution in [0.3, 0.4) is 0 Å². The highest BCUT2D eigenvalue weighted by atomic mass is 15.2. The van der Waals surface area contributed by atoms with Gasteiger partial charge in [0.15, 0.2) is 0 Å². The highest BCUT2D eigenvalue weighted by molar-refractivity contribution is 5.50. The zero-order valence-electron chi connectivity index (χ0n) is 12.8. The first kappa shape index (κ1) is 14.6. The minimum Gasteiger partial charge on any atom is -0.367 e. The number of imidazole rings is 1. The molecule has 0 aliphatic carbocycles. The van der Waals surface area contributed by atoms with Gasteiger partial charge in [-0.15, -0.1) is 0 Å². The van der Waals surface area contributed by atoms with Crippen LogP contribution in [0, 0.1) is 6.92 Å². The van der Waals surface area contributed by atoms with Gasteiger partial charge in [-0.05, 0) is 36.7 Å². The van der Waals surface area contributed by atoms with E-state index in [1.165, 1.54) is 16.8 Å². The smallest absolute Gasteiger partial charge is 0.127 e. The Labute approximate surface area is 121 Å². The molecular weight excluding hydrogens is 248 g/mol. The van der Waals surface area contributed by atoms with E-state index in [9.17, 15) is 0 Å². The molecule has 1 heterocycles. The van der Waals surface area contributed by atoms with Crippen molar-refractivity contribution in [3.63, 3.8) is 0 Å². The molecule has 0 bridgehead atoms. The van der Waals surface area contributed by atoms with Gasteiger partial charge in [0.05, 0.1) is 6.54 Å². The van der Waals surface area contributed by atoms with E-state index in [0.717, 1.165) is 25.5 Å². The van der Waals surface area contributed by atoms with Crippen LogP contribution < -0.4 is 10.2 Å². The minimum absolute atomic E-state index is 0.815. The van der Waals surface area contributed by atoms with Crippen molar-refractivity contribution in [2.75, 3.05) is 18.5 Å². The van der Waals surface area contributed by atoms with Crippen molar-refractivity contribution in [2.24, 2.45) is 7.05 Å². The topological polar surface area (TPSA) is 33.1 Å². The Kier molecular flexibility index (Phi) is 4.79. The van der Waals surface area contributed by atoms with E-state index in [0.29, 0.717) is 0 Å². The number of nitrogens with one attached hydrogen (secondary N) is 1. The number of aromatic nitrogens is 2. The molecule has 0 atom stereocenters. The van der Waals surface area contributed by atoms with Crippen molar-refractivity contribution in [2.45, 2.75) is 26.9 Å². The fourth-order valence-corrected chi connectivity index (χ4v) is 2.23. The van der Waals surface area contributed by atoms with Crippen molar-refractivity contribution < 1.29 is 0 Å². The van der Waals surface area contributed by atoms with Gasteiger partial charge in [-0.3, -0.25) is 0 Å². The Hall–Kier alpha value is -1.81.